The maximum absolute atomic E-state index is 13.3. The van der Waals surface area contributed by atoms with Crippen LogP contribution in [0.15, 0.2) is 41.3 Å². The molecule has 63 heavy (non-hydrogen) atoms. The second kappa shape index (κ2) is 17.1. The van der Waals surface area contributed by atoms with Crippen molar-refractivity contribution in [2.24, 2.45) is 17.9 Å². The SMILES string of the molecule is CNC(=O)N1CCc2c(-c3cc(OC)c(CN(C)CC45CC(C(=O)NCCCCCOc6ccc7c(c6)C(=O)N(C6CCC(=O)NC6=O)C7=O)(C4)C5)c(OC)c3)cn(C)c(=O)c2C1. The zero-order valence-corrected chi connectivity index (χ0v) is 36.5. The third-order valence-electron chi connectivity index (χ3n) is 13.4. The minimum atomic E-state index is -1.02. The van der Waals surface area contributed by atoms with Gasteiger partial charge in [0.1, 0.15) is 23.3 Å². The number of carbonyl (C=O) groups excluding carboxylic acids is 6. The molecule has 0 radical (unpaired) electrons. The topological polar surface area (TPSA) is 198 Å². The van der Waals surface area contributed by atoms with Crippen molar-refractivity contribution in [2.45, 2.75) is 76.9 Å². The molecule has 3 aromatic rings. The summed E-state index contributed by atoms with van der Waals surface area (Å²) in [6, 6.07) is 7.44. The van der Waals surface area contributed by atoms with Crippen LogP contribution in [0.2, 0.25) is 0 Å². The Kier molecular flexibility index (Phi) is 11.8. The molecule has 17 nitrogen and oxygen atoms in total. The zero-order valence-electron chi connectivity index (χ0n) is 36.5. The maximum Gasteiger partial charge on any atom is 0.317 e. The van der Waals surface area contributed by atoms with Gasteiger partial charge >= 0.3 is 6.03 Å². The molecule has 2 aromatic carbocycles. The summed E-state index contributed by atoms with van der Waals surface area (Å²) in [7, 11) is 8.67. The summed E-state index contributed by atoms with van der Waals surface area (Å²) in [5.41, 5.74) is 4.28. The largest absolute Gasteiger partial charge is 0.496 e. The van der Waals surface area contributed by atoms with Crippen LogP contribution in [0.4, 0.5) is 4.79 Å². The molecule has 334 valence electrons. The van der Waals surface area contributed by atoms with E-state index in [1.165, 1.54) is 12.1 Å². The highest BCUT2D eigenvalue weighted by molar-refractivity contribution is 6.23. The summed E-state index contributed by atoms with van der Waals surface area (Å²) >= 11 is 0. The number of aromatic nitrogens is 1. The van der Waals surface area contributed by atoms with Crippen LogP contribution >= 0.6 is 0 Å². The third-order valence-corrected chi connectivity index (χ3v) is 13.4. The van der Waals surface area contributed by atoms with E-state index in [-0.39, 0.29) is 58.8 Å². The van der Waals surface area contributed by atoms with Crippen molar-refractivity contribution in [1.82, 2.24) is 35.2 Å². The number of hydrogen-bond acceptors (Lipinski definition) is 11. The number of fused-ring (bicyclic) bond motifs is 2. The molecule has 0 spiro atoms. The molecule has 7 amide bonds. The van der Waals surface area contributed by atoms with Gasteiger partial charge in [-0.15, -0.1) is 0 Å². The van der Waals surface area contributed by atoms with Gasteiger partial charge in [0.2, 0.25) is 17.7 Å². The van der Waals surface area contributed by atoms with E-state index in [2.05, 4.69) is 27.9 Å². The number of rotatable bonds is 16. The predicted octanol–water partition coefficient (Wildman–Crippen LogP) is 3.14. The average molecular weight is 866 g/mol. The number of nitrogens with one attached hydrogen (secondary N) is 3. The van der Waals surface area contributed by atoms with Crippen LogP contribution in [0, 0.1) is 10.8 Å². The number of pyridine rings is 1. The van der Waals surface area contributed by atoms with Crippen molar-refractivity contribution in [1.29, 1.82) is 0 Å². The maximum atomic E-state index is 13.3. The molecular formula is C46H55N7O10. The predicted molar refractivity (Wildman–Crippen MR) is 229 cm³/mol. The normalized spacial score (nSPS) is 22.2. The molecular weight excluding hydrogens is 811 g/mol. The number of ether oxygens (including phenoxy) is 3. The summed E-state index contributed by atoms with van der Waals surface area (Å²) < 4.78 is 19.3. The van der Waals surface area contributed by atoms with E-state index in [0.717, 1.165) is 72.2 Å². The van der Waals surface area contributed by atoms with Crippen LogP contribution < -0.4 is 35.7 Å². The van der Waals surface area contributed by atoms with Crippen LogP contribution in [-0.2, 0) is 40.9 Å². The summed E-state index contributed by atoms with van der Waals surface area (Å²) in [5.74, 6) is -0.278. The first-order valence-electron chi connectivity index (χ1n) is 21.6. The Morgan fingerprint density at radius 2 is 1.62 bits per heavy atom. The van der Waals surface area contributed by atoms with Crippen LogP contribution in [0.1, 0.15) is 88.8 Å². The molecule has 3 N–H and O–H groups in total. The average Bonchev–Trinajstić information content (AvgIpc) is 3.49. The lowest BCUT2D eigenvalue weighted by Crippen LogP contribution is -2.70. The number of benzene rings is 2. The molecule has 3 aliphatic heterocycles. The van der Waals surface area contributed by atoms with E-state index in [4.69, 9.17) is 14.2 Å². The Hall–Kier alpha value is -6.23. The number of unbranched alkanes of at least 4 members (excludes halogenated alkanes) is 2. The number of imide groups is 2. The van der Waals surface area contributed by atoms with Crippen LogP contribution in [0.5, 0.6) is 17.2 Å². The minimum Gasteiger partial charge on any atom is -0.496 e. The third kappa shape index (κ3) is 8.02. The molecule has 6 aliphatic rings. The fraction of sp³-hybridized carbons (Fsp3) is 0.500. The van der Waals surface area contributed by atoms with Gasteiger partial charge in [-0.25, -0.2) is 4.79 Å². The van der Waals surface area contributed by atoms with Gasteiger partial charge in [-0.2, -0.15) is 0 Å². The van der Waals surface area contributed by atoms with Gasteiger partial charge in [0.25, 0.3) is 17.4 Å². The van der Waals surface area contributed by atoms with E-state index in [9.17, 15) is 33.6 Å². The van der Waals surface area contributed by atoms with E-state index >= 15 is 0 Å². The number of urea groups is 1. The summed E-state index contributed by atoms with van der Waals surface area (Å²) in [6.07, 6.45) is 7.46. The quantitative estimate of drug-likeness (QED) is 0.141. The number of methoxy groups -OCH3 is 2. The first-order chi connectivity index (χ1) is 30.2. The molecule has 1 unspecified atom stereocenters. The summed E-state index contributed by atoms with van der Waals surface area (Å²) in [6.45, 7) is 3.12. The van der Waals surface area contributed by atoms with Gasteiger partial charge < -0.3 is 39.2 Å². The highest BCUT2D eigenvalue weighted by Crippen LogP contribution is 2.73. The Bertz CT molecular complexity index is 2420. The molecule has 1 saturated heterocycles. The Labute approximate surface area is 365 Å². The van der Waals surface area contributed by atoms with Gasteiger partial charge in [-0.1, -0.05) is 0 Å². The zero-order chi connectivity index (χ0) is 44.8. The molecule has 1 atom stereocenters. The molecule has 9 rings (SSSR count). The second-order valence-electron chi connectivity index (χ2n) is 17.8. The van der Waals surface area contributed by atoms with Crippen molar-refractivity contribution in [3.8, 4) is 28.4 Å². The van der Waals surface area contributed by atoms with E-state index in [1.54, 1.807) is 43.8 Å². The molecule has 3 saturated carbocycles. The van der Waals surface area contributed by atoms with Gasteiger partial charge in [-0.3, -0.25) is 39.0 Å². The molecule has 3 aliphatic carbocycles. The van der Waals surface area contributed by atoms with E-state index in [1.807, 2.05) is 18.3 Å². The highest BCUT2D eigenvalue weighted by atomic mass is 16.5. The van der Waals surface area contributed by atoms with Gasteiger partial charge in [-0.05, 0) is 105 Å². The molecule has 1 aromatic heterocycles. The van der Waals surface area contributed by atoms with Gasteiger partial charge in [0, 0.05) is 64.0 Å². The monoisotopic (exact) mass is 865 g/mol. The Morgan fingerprint density at radius 3 is 2.30 bits per heavy atom. The lowest BCUT2D eigenvalue weighted by Gasteiger charge is -2.70. The Morgan fingerprint density at radius 1 is 0.905 bits per heavy atom. The fourth-order valence-corrected chi connectivity index (χ4v) is 10.5. The fourth-order valence-electron chi connectivity index (χ4n) is 10.5. The van der Waals surface area contributed by atoms with Crippen molar-refractivity contribution in [3.05, 3.63) is 74.7 Å². The first kappa shape index (κ1) is 43.4. The minimum absolute atomic E-state index is 0.0585. The lowest BCUT2D eigenvalue weighted by molar-refractivity contribution is -0.213. The molecule has 4 fully saturated rings. The van der Waals surface area contributed by atoms with Crippen LogP contribution in [0.25, 0.3) is 11.1 Å². The smallest absolute Gasteiger partial charge is 0.317 e. The van der Waals surface area contributed by atoms with Crippen molar-refractivity contribution in [2.75, 3.05) is 54.6 Å². The molecule has 17 heteroatoms. The highest BCUT2D eigenvalue weighted by Gasteiger charge is 2.71. The van der Waals surface area contributed by atoms with Gasteiger partial charge in [0.05, 0.1) is 49.5 Å². The van der Waals surface area contributed by atoms with Crippen LogP contribution in [-0.4, -0.2) is 115 Å². The molecule has 2 bridgehead atoms. The van der Waals surface area contributed by atoms with E-state index in [0.29, 0.717) is 55.5 Å². The number of amides is 7. The van der Waals surface area contributed by atoms with Crippen LogP contribution in [0.3, 0.4) is 0 Å². The lowest BCUT2D eigenvalue weighted by atomic mass is 9.34. The van der Waals surface area contributed by atoms with Crippen molar-refractivity contribution >= 4 is 35.6 Å². The van der Waals surface area contributed by atoms with Crippen molar-refractivity contribution in [3.63, 3.8) is 0 Å². The summed E-state index contributed by atoms with van der Waals surface area (Å²) in [5, 5.41) is 8.01. The molecule has 4 heterocycles. The number of carbonyl (C=O) groups is 6. The number of aryl methyl sites for hydroxylation is 1. The second-order valence-corrected chi connectivity index (χ2v) is 17.8. The number of piperidine rings is 1. The van der Waals surface area contributed by atoms with Crippen molar-refractivity contribution < 1.29 is 43.0 Å². The standard InChI is InChI=1S/C46H55N7O10/c1-47-44(60)52-15-13-29-32(21-51(3)40(56)33(29)22-52)27-17-36(61-4)34(37(18-27)62-5)20-50(2)26-45-23-46(24-45,25-45)43(59)48-14-7-6-8-16-63-28-9-10-30-31(19-28)42(58)53(41(30)57)35-11-12-38(54)49-39(35)55/h9-10,17-19,21,35H,6-8,11-16,20,22-26H2,1-5H3,(H,47,60)(H,48,59)(H,49,54,55). The first-order valence-corrected chi connectivity index (χ1v) is 21.6. The Balaban J connectivity index is 0.781. The van der Waals surface area contributed by atoms with Gasteiger partial charge in [0.15, 0.2) is 0 Å². The van der Waals surface area contributed by atoms with E-state index < -0.39 is 29.7 Å². The summed E-state index contributed by atoms with van der Waals surface area (Å²) in [4.78, 5) is 93.6. The number of hydrogen-bond donors (Lipinski definition) is 3. The number of nitrogens with zero attached hydrogens (tertiary/aromatic N) is 4.